The number of Topliss-reactive ketones (excluding diaryl/α,β-unsaturated/α-hetero) is 1. The van der Waals surface area contributed by atoms with E-state index in [0.29, 0.717) is 3.95 Å². The zero-order valence-corrected chi connectivity index (χ0v) is 20.6. The fourth-order valence-electron chi connectivity index (χ4n) is 3.70. The maximum Gasteiger partial charge on any atom is 0.177 e. The van der Waals surface area contributed by atoms with Gasteiger partial charge in [0.1, 0.15) is 0 Å². The summed E-state index contributed by atoms with van der Waals surface area (Å²) < 4.78 is 1.61. The van der Waals surface area contributed by atoms with Crippen LogP contribution in [0.15, 0.2) is 70.6 Å². The normalized spacial score (nSPS) is 13.0. The van der Waals surface area contributed by atoms with E-state index >= 15 is 0 Å². The van der Waals surface area contributed by atoms with Crippen LogP contribution in [0.1, 0.15) is 52.4 Å². The number of aryl methyl sites for hydroxylation is 2. The summed E-state index contributed by atoms with van der Waals surface area (Å²) in [5.74, 6) is 0.629. The van der Waals surface area contributed by atoms with E-state index in [-0.39, 0.29) is 11.7 Å². The molecule has 1 aromatic heterocycles. The molecule has 3 aromatic rings. The van der Waals surface area contributed by atoms with Gasteiger partial charge < -0.3 is 0 Å². The molecular weight excluding hydrogens is 440 g/mol. The Labute approximate surface area is 197 Å². The van der Waals surface area contributed by atoms with E-state index in [0.717, 1.165) is 37.9 Å². The van der Waals surface area contributed by atoms with E-state index in [1.165, 1.54) is 16.9 Å². The van der Waals surface area contributed by atoms with Gasteiger partial charge in [-0.2, -0.15) is 5.10 Å². The zero-order chi connectivity index (χ0) is 22.4. The van der Waals surface area contributed by atoms with Crippen molar-refractivity contribution in [3.8, 4) is 0 Å². The van der Waals surface area contributed by atoms with Crippen molar-refractivity contribution in [2.24, 2.45) is 0 Å². The molecule has 0 aliphatic carbocycles. The second-order valence-electron chi connectivity index (χ2n) is 7.42. The predicted molar refractivity (Wildman–Crippen MR) is 135 cm³/mol. The molecule has 1 unspecified atom stereocenters. The Bertz CT molecular complexity index is 1150. The van der Waals surface area contributed by atoms with Crippen LogP contribution in [0.2, 0.25) is 0 Å². The fraction of sp³-hybridized carbons (Fsp3) is 0.240. The number of carbonyl (C=O) groups is 1. The standard InChI is InChI=1S/C25H26N2OS3/c1-5-6-10-16(2)22(20-11-8-7-9-12-20)23(28)21-17(3)13-19(14-18(21)4)15-30-25-27-26-24(29)31-25/h5-14,22H,15H2,1-4H3,(H,26,29)/b6-5-,16-10+. The van der Waals surface area contributed by atoms with Crippen LogP contribution in [0.4, 0.5) is 0 Å². The lowest BCUT2D eigenvalue weighted by molar-refractivity contribution is 0.0971. The van der Waals surface area contributed by atoms with E-state index in [4.69, 9.17) is 12.2 Å². The van der Waals surface area contributed by atoms with Crippen molar-refractivity contribution >= 4 is 41.1 Å². The van der Waals surface area contributed by atoms with Gasteiger partial charge in [-0.3, -0.25) is 9.89 Å². The number of carbonyl (C=O) groups excluding carboxylic acids is 1. The second kappa shape index (κ2) is 10.8. The van der Waals surface area contributed by atoms with Crippen LogP contribution >= 0.6 is 35.3 Å². The molecule has 1 heterocycles. The summed E-state index contributed by atoms with van der Waals surface area (Å²) in [4.78, 5) is 13.8. The summed E-state index contributed by atoms with van der Waals surface area (Å²) in [6.07, 6.45) is 6.00. The van der Waals surface area contributed by atoms with Gasteiger partial charge in [0.05, 0.1) is 5.92 Å². The Morgan fingerprint density at radius 1 is 1.23 bits per heavy atom. The number of rotatable bonds is 8. The highest BCUT2D eigenvalue weighted by molar-refractivity contribution is 8.00. The maximum atomic E-state index is 13.8. The monoisotopic (exact) mass is 466 g/mol. The van der Waals surface area contributed by atoms with Crippen LogP contribution in [0.5, 0.6) is 0 Å². The molecule has 0 spiro atoms. The largest absolute Gasteiger partial charge is 0.293 e. The van der Waals surface area contributed by atoms with Gasteiger partial charge in [0, 0.05) is 11.3 Å². The van der Waals surface area contributed by atoms with Crippen molar-refractivity contribution in [2.75, 3.05) is 0 Å². The summed E-state index contributed by atoms with van der Waals surface area (Å²) in [5, 5.41) is 7.02. The second-order valence-corrected chi connectivity index (χ2v) is 10.3. The average Bonchev–Trinajstić information content (AvgIpc) is 3.16. The average molecular weight is 467 g/mol. The van der Waals surface area contributed by atoms with E-state index in [1.54, 1.807) is 11.8 Å². The summed E-state index contributed by atoms with van der Waals surface area (Å²) in [6, 6.07) is 14.3. The minimum absolute atomic E-state index is 0.143. The Hall–Kier alpha value is -2.28. The number of thioether (sulfide) groups is 1. The van der Waals surface area contributed by atoms with Crippen LogP contribution in [-0.4, -0.2) is 16.0 Å². The lowest BCUT2D eigenvalue weighted by atomic mass is 9.82. The lowest BCUT2D eigenvalue weighted by Crippen LogP contribution is -2.17. The number of benzene rings is 2. The van der Waals surface area contributed by atoms with Crippen molar-refractivity contribution in [2.45, 2.75) is 43.7 Å². The van der Waals surface area contributed by atoms with Crippen molar-refractivity contribution in [3.05, 3.63) is 98.0 Å². The molecule has 0 bridgehead atoms. The molecule has 31 heavy (non-hydrogen) atoms. The highest BCUT2D eigenvalue weighted by Crippen LogP contribution is 2.32. The molecule has 0 radical (unpaired) electrons. The molecule has 160 valence electrons. The fourth-order valence-corrected chi connectivity index (χ4v) is 5.71. The van der Waals surface area contributed by atoms with Gasteiger partial charge in [-0.25, -0.2) is 0 Å². The summed E-state index contributed by atoms with van der Waals surface area (Å²) in [6.45, 7) is 8.07. The lowest BCUT2D eigenvalue weighted by Gasteiger charge is -2.20. The first-order valence-corrected chi connectivity index (χ1v) is 12.3. The first-order chi connectivity index (χ1) is 14.9. The molecule has 0 fully saturated rings. The molecule has 3 rings (SSSR count). The van der Waals surface area contributed by atoms with Crippen molar-refractivity contribution in [3.63, 3.8) is 0 Å². The Balaban J connectivity index is 1.93. The van der Waals surface area contributed by atoms with E-state index in [1.807, 2.05) is 76.3 Å². The summed E-state index contributed by atoms with van der Waals surface area (Å²) in [7, 11) is 0. The third kappa shape index (κ3) is 5.91. The molecule has 6 heteroatoms. The Kier molecular flexibility index (Phi) is 8.18. The van der Waals surface area contributed by atoms with Crippen LogP contribution in [-0.2, 0) is 5.75 Å². The SMILES string of the molecule is C/C=C\C=C(/C)C(C(=O)c1c(C)cc(CSc2n[nH]c(=S)s2)cc1C)c1ccccc1. The van der Waals surface area contributed by atoms with E-state index in [9.17, 15) is 4.79 Å². The first-order valence-electron chi connectivity index (χ1n) is 10.1. The van der Waals surface area contributed by atoms with Gasteiger partial charge in [-0.05, 0) is 62.2 Å². The maximum absolute atomic E-state index is 13.8. The van der Waals surface area contributed by atoms with Gasteiger partial charge in [0.15, 0.2) is 14.1 Å². The van der Waals surface area contributed by atoms with Crippen LogP contribution in [0.25, 0.3) is 0 Å². The Morgan fingerprint density at radius 2 is 1.90 bits per heavy atom. The van der Waals surface area contributed by atoms with Gasteiger partial charge in [0.2, 0.25) is 0 Å². The number of hydrogen-bond donors (Lipinski definition) is 1. The molecule has 0 aliphatic rings. The Morgan fingerprint density at radius 3 is 2.48 bits per heavy atom. The van der Waals surface area contributed by atoms with E-state index in [2.05, 4.69) is 22.3 Å². The summed E-state index contributed by atoms with van der Waals surface area (Å²) >= 11 is 8.23. The number of hydrogen-bond acceptors (Lipinski definition) is 5. The molecule has 0 aliphatic heterocycles. The van der Waals surface area contributed by atoms with Gasteiger partial charge in [-0.15, -0.1) is 0 Å². The number of aromatic nitrogens is 2. The molecule has 0 saturated heterocycles. The van der Waals surface area contributed by atoms with E-state index < -0.39 is 0 Å². The number of nitrogens with one attached hydrogen (secondary N) is 1. The molecule has 1 N–H and O–H groups in total. The van der Waals surface area contributed by atoms with Gasteiger partial charge in [-0.1, -0.05) is 89.4 Å². The van der Waals surface area contributed by atoms with Crippen molar-refractivity contribution in [1.29, 1.82) is 0 Å². The zero-order valence-electron chi connectivity index (χ0n) is 18.1. The minimum Gasteiger partial charge on any atom is -0.293 e. The summed E-state index contributed by atoms with van der Waals surface area (Å²) in [5.41, 5.74) is 6.06. The van der Waals surface area contributed by atoms with Gasteiger partial charge >= 0.3 is 0 Å². The number of ketones is 1. The molecule has 3 nitrogen and oxygen atoms in total. The topological polar surface area (TPSA) is 45.8 Å². The number of H-pyrrole nitrogens is 1. The van der Waals surface area contributed by atoms with Crippen LogP contribution in [0.3, 0.4) is 0 Å². The quantitative estimate of drug-likeness (QED) is 0.161. The minimum atomic E-state index is -0.300. The van der Waals surface area contributed by atoms with Crippen molar-refractivity contribution in [1.82, 2.24) is 10.2 Å². The predicted octanol–water partition coefficient (Wildman–Crippen LogP) is 7.60. The third-order valence-electron chi connectivity index (χ3n) is 5.02. The number of allylic oxidation sites excluding steroid dienone is 4. The van der Waals surface area contributed by atoms with Crippen LogP contribution < -0.4 is 0 Å². The molecule has 2 aromatic carbocycles. The number of aromatic amines is 1. The molecular formula is C25H26N2OS3. The molecule has 0 amide bonds. The van der Waals surface area contributed by atoms with Crippen LogP contribution in [0, 0.1) is 17.8 Å². The number of nitrogens with zero attached hydrogens (tertiary/aromatic N) is 1. The van der Waals surface area contributed by atoms with Gasteiger partial charge in [0.25, 0.3) is 0 Å². The smallest absolute Gasteiger partial charge is 0.177 e. The van der Waals surface area contributed by atoms with Crippen molar-refractivity contribution < 1.29 is 4.79 Å². The highest BCUT2D eigenvalue weighted by atomic mass is 32.2. The third-order valence-corrected chi connectivity index (χ3v) is 7.33. The highest BCUT2D eigenvalue weighted by Gasteiger charge is 2.26. The first kappa shape index (κ1) is 23.4. The molecule has 0 saturated carbocycles. The molecule has 1 atom stereocenters.